The first kappa shape index (κ1) is 18.5. The van der Waals surface area contributed by atoms with E-state index in [4.69, 9.17) is 9.47 Å². The van der Waals surface area contributed by atoms with Crippen LogP contribution in [0.4, 0.5) is 5.69 Å². The van der Waals surface area contributed by atoms with Gasteiger partial charge in [-0.15, -0.1) is 0 Å². The molecule has 0 unspecified atom stereocenters. The van der Waals surface area contributed by atoms with Crippen molar-refractivity contribution < 1.29 is 19.1 Å². The van der Waals surface area contributed by atoms with Crippen molar-refractivity contribution in [2.24, 2.45) is 0 Å². The Kier molecular flexibility index (Phi) is 5.71. The Morgan fingerprint density at radius 3 is 2.41 bits per heavy atom. The van der Waals surface area contributed by atoms with E-state index in [-0.39, 0.29) is 13.2 Å². The quantitative estimate of drug-likeness (QED) is 0.672. The summed E-state index contributed by atoms with van der Waals surface area (Å²) >= 11 is 0. The number of nitrogens with one attached hydrogen (secondary N) is 1. The third-order valence-electron chi connectivity index (χ3n) is 4.23. The van der Waals surface area contributed by atoms with E-state index in [0.717, 1.165) is 21.9 Å². The number of amides is 1. The van der Waals surface area contributed by atoms with Crippen LogP contribution in [0.15, 0.2) is 60.7 Å². The lowest BCUT2D eigenvalue weighted by Crippen LogP contribution is -2.23. The Morgan fingerprint density at radius 2 is 1.63 bits per heavy atom. The van der Waals surface area contributed by atoms with Crippen molar-refractivity contribution in [3.63, 3.8) is 0 Å². The minimum atomic E-state index is -0.599. The van der Waals surface area contributed by atoms with E-state index >= 15 is 0 Å². The normalized spacial score (nSPS) is 10.4. The highest BCUT2D eigenvalue weighted by atomic mass is 16.6. The van der Waals surface area contributed by atoms with Crippen LogP contribution in [-0.4, -0.2) is 25.1 Å². The monoisotopic (exact) mass is 363 g/mol. The highest BCUT2D eigenvalue weighted by Crippen LogP contribution is 2.20. The second-order valence-corrected chi connectivity index (χ2v) is 6.31. The topological polar surface area (TPSA) is 64.6 Å². The van der Waals surface area contributed by atoms with Crippen molar-refractivity contribution >= 4 is 28.3 Å². The SMILES string of the molecule is Cc1ccc(NC(=O)COC(=O)COc2ccc3ccccc3c2)cc1C. The number of hydrogen-bond donors (Lipinski definition) is 1. The van der Waals surface area contributed by atoms with Crippen LogP contribution in [0, 0.1) is 13.8 Å². The van der Waals surface area contributed by atoms with Gasteiger partial charge < -0.3 is 14.8 Å². The van der Waals surface area contributed by atoms with Gasteiger partial charge in [-0.05, 0) is 60.0 Å². The van der Waals surface area contributed by atoms with Gasteiger partial charge in [0.25, 0.3) is 5.91 Å². The second-order valence-electron chi connectivity index (χ2n) is 6.31. The van der Waals surface area contributed by atoms with Crippen molar-refractivity contribution in [1.29, 1.82) is 0 Å². The third-order valence-corrected chi connectivity index (χ3v) is 4.23. The molecule has 0 saturated heterocycles. The molecule has 0 aliphatic rings. The second kappa shape index (κ2) is 8.36. The highest BCUT2D eigenvalue weighted by Gasteiger charge is 2.09. The molecule has 1 amide bonds. The Labute approximate surface area is 157 Å². The summed E-state index contributed by atoms with van der Waals surface area (Å²) in [5.74, 6) is -0.416. The molecule has 0 saturated carbocycles. The van der Waals surface area contributed by atoms with Crippen LogP contribution in [0.1, 0.15) is 11.1 Å². The number of fused-ring (bicyclic) bond motifs is 1. The van der Waals surface area contributed by atoms with E-state index in [9.17, 15) is 9.59 Å². The summed E-state index contributed by atoms with van der Waals surface area (Å²) in [6.45, 7) is 3.36. The Bertz CT molecular complexity index is 981. The van der Waals surface area contributed by atoms with Gasteiger partial charge >= 0.3 is 5.97 Å². The molecular formula is C22H21NO4. The summed E-state index contributed by atoms with van der Waals surface area (Å²) < 4.78 is 10.4. The maximum absolute atomic E-state index is 11.9. The first-order chi connectivity index (χ1) is 13.0. The summed E-state index contributed by atoms with van der Waals surface area (Å²) in [5.41, 5.74) is 2.89. The molecule has 27 heavy (non-hydrogen) atoms. The minimum Gasteiger partial charge on any atom is -0.482 e. The molecule has 3 aromatic rings. The van der Waals surface area contributed by atoms with Crippen LogP contribution < -0.4 is 10.1 Å². The molecule has 138 valence electrons. The Balaban J connectivity index is 1.45. The Hall–Kier alpha value is -3.34. The number of anilines is 1. The molecule has 3 aromatic carbocycles. The number of carbonyl (C=O) groups is 2. The number of benzene rings is 3. The molecule has 0 spiro atoms. The van der Waals surface area contributed by atoms with Crippen LogP contribution in [0.3, 0.4) is 0 Å². The van der Waals surface area contributed by atoms with Crippen LogP contribution in [0.5, 0.6) is 5.75 Å². The fourth-order valence-corrected chi connectivity index (χ4v) is 2.60. The van der Waals surface area contributed by atoms with Gasteiger partial charge in [0, 0.05) is 5.69 Å². The number of carbonyl (C=O) groups excluding carboxylic acids is 2. The van der Waals surface area contributed by atoms with Gasteiger partial charge in [-0.2, -0.15) is 0 Å². The summed E-state index contributed by atoms with van der Waals surface area (Å²) in [4.78, 5) is 23.7. The molecular weight excluding hydrogens is 342 g/mol. The summed E-state index contributed by atoms with van der Waals surface area (Å²) in [7, 11) is 0. The van der Waals surface area contributed by atoms with E-state index in [1.54, 1.807) is 6.07 Å². The average Bonchev–Trinajstić information content (AvgIpc) is 2.67. The molecule has 0 aliphatic carbocycles. The minimum absolute atomic E-state index is 0.255. The molecule has 0 aromatic heterocycles. The van der Waals surface area contributed by atoms with Gasteiger partial charge in [0.2, 0.25) is 0 Å². The van der Waals surface area contributed by atoms with Gasteiger partial charge in [-0.1, -0.05) is 36.4 Å². The van der Waals surface area contributed by atoms with E-state index in [0.29, 0.717) is 11.4 Å². The summed E-state index contributed by atoms with van der Waals surface area (Å²) in [5, 5.41) is 4.82. The van der Waals surface area contributed by atoms with Gasteiger partial charge in [0.05, 0.1) is 0 Å². The predicted molar refractivity (Wildman–Crippen MR) is 105 cm³/mol. The molecule has 0 heterocycles. The number of aryl methyl sites for hydroxylation is 2. The molecule has 1 N–H and O–H groups in total. The van der Waals surface area contributed by atoms with Crippen LogP contribution >= 0.6 is 0 Å². The Morgan fingerprint density at radius 1 is 0.852 bits per heavy atom. The lowest BCUT2D eigenvalue weighted by atomic mass is 10.1. The largest absolute Gasteiger partial charge is 0.482 e. The van der Waals surface area contributed by atoms with Crippen LogP contribution in [0.25, 0.3) is 10.8 Å². The molecule has 5 nitrogen and oxygen atoms in total. The summed E-state index contributed by atoms with van der Waals surface area (Å²) in [6.07, 6.45) is 0. The fraction of sp³-hybridized carbons (Fsp3) is 0.182. The van der Waals surface area contributed by atoms with E-state index in [1.807, 2.05) is 68.4 Å². The van der Waals surface area contributed by atoms with Crippen LogP contribution in [0.2, 0.25) is 0 Å². The molecule has 0 radical (unpaired) electrons. The first-order valence-corrected chi connectivity index (χ1v) is 8.65. The third kappa shape index (κ3) is 5.07. The smallest absolute Gasteiger partial charge is 0.344 e. The molecule has 5 heteroatoms. The first-order valence-electron chi connectivity index (χ1n) is 8.65. The lowest BCUT2D eigenvalue weighted by molar-refractivity contribution is -0.149. The van der Waals surface area contributed by atoms with Gasteiger partial charge in [-0.3, -0.25) is 4.79 Å². The van der Waals surface area contributed by atoms with Gasteiger partial charge in [0.1, 0.15) is 5.75 Å². The molecule has 0 aliphatic heterocycles. The molecule has 0 bridgehead atoms. The van der Waals surface area contributed by atoms with Gasteiger partial charge in [0.15, 0.2) is 13.2 Å². The maximum Gasteiger partial charge on any atom is 0.344 e. The maximum atomic E-state index is 11.9. The number of esters is 1. The zero-order valence-corrected chi connectivity index (χ0v) is 15.3. The van der Waals surface area contributed by atoms with Crippen molar-refractivity contribution in [3.8, 4) is 5.75 Å². The van der Waals surface area contributed by atoms with Gasteiger partial charge in [-0.25, -0.2) is 4.79 Å². The molecule has 3 rings (SSSR count). The zero-order chi connectivity index (χ0) is 19.2. The summed E-state index contributed by atoms with van der Waals surface area (Å²) in [6, 6.07) is 19.1. The number of ether oxygens (including phenoxy) is 2. The highest BCUT2D eigenvalue weighted by molar-refractivity contribution is 5.93. The average molecular weight is 363 g/mol. The zero-order valence-electron chi connectivity index (χ0n) is 15.3. The van der Waals surface area contributed by atoms with Crippen molar-refractivity contribution in [2.75, 3.05) is 18.5 Å². The van der Waals surface area contributed by atoms with E-state index < -0.39 is 11.9 Å². The molecule has 0 atom stereocenters. The standard InChI is InChI=1S/C22H21NO4/c1-15-7-9-19(11-16(15)2)23-21(24)13-27-22(25)14-26-20-10-8-17-5-3-4-6-18(17)12-20/h3-12H,13-14H2,1-2H3,(H,23,24). The number of rotatable bonds is 6. The molecule has 0 fully saturated rings. The van der Waals surface area contributed by atoms with E-state index in [1.165, 1.54) is 0 Å². The van der Waals surface area contributed by atoms with Crippen molar-refractivity contribution in [3.05, 3.63) is 71.8 Å². The fourth-order valence-electron chi connectivity index (χ4n) is 2.60. The van der Waals surface area contributed by atoms with Crippen molar-refractivity contribution in [1.82, 2.24) is 0 Å². The van der Waals surface area contributed by atoms with E-state index in [2.05, 4.69) is 5.32 Å². The van der Waals surface area contributed by atoms with Crippen LogP contribution in [-0.2, 0) is 14.3 Å². The lowest BCUT2D eigenvalue weighted by Gasteiger charge is -2.09. The number of hydrogen-bond acceptors (Lipinski definition) is 4. The van der Waals surface area contributed by atoms with Crippen molar-refractivity contribution in [2.45, 2.75) is 13.8 Å². The predicted octanol–water partition coefficient (Wildman–Crippen LogP) is 4.02.